The van der Waals surface area contributed by atoms with Crippen LogP contribution in [0.5, 0.6) is 17.2 Å². The Hall–Kier alpha value is -3.95. The Balaban J connectivity index is 1.34. The molecule has 9 heteroatoms. The van der Waals surface area contributed by atoms with Crippen LogP contribution in [0.3, 0.4) is 0 Å². The number of Topliss-reactive ketones (excluding diaryl/α,β-unsaturated/α-hetero) is 2. The van der Waals surface area contributed by atoms with Crippen LogP contribution in [-0.4, -0.2) is 64.2 Å². The van der Waals surface area contributed by atoms with Crippen LogP contribution < -0.4 is 14.8 Å². The van der Waals surface area contributed by atoms with Crippen molar-refractivity contribution in [1.82, 2.24) is 5.32 Å². The number of ketones is 2. The van der Waals surface area contributed by atoms with Gasteiger partial charge in [0.15, 0.2) is 22.8 Å². The van der Waals surface area contributed by atoms with E-state index in [1.165, 1.54) is 5.57 Å². The highest BCUT2D eigenvalue weighted by Gasteiger charge is 2.81. The molecule has 0 aromatic heterocycles. The average Bonchev–Trinajstić information content (AvgIpc) is 3.65. The number of nitrogens with one attached hydrogen (secondary N) is 1. The lowest BCUT2D eigenvalue weighted by molar-refractivity contribution is -0.171. The minimum Gasteiger partial charge on any atom is -0.506 e. The summed E-state index contributed by atoms with van der Waals surface area (Å²) in [6.07, 6.45) is 15.8. The number of aromatic hydroxyl groups is 1. The van der Waals surface area contributed by atoms with Gasteiger partial charge in [-0.1, -0.05) is 35.5 Å². The number of rotatable bonds is 10. The molecule has 3 aliphatic carbocycles. The fourth-order valence-electron chi connectivity index (χ4n) is 9.33. The number of phenols is 1. The number of ether oxygens (including phenoxy) is 4. The van der Waals surface area contributed by atoms with Gasteiger partial charge in [0, 0.05) is 48.1 Å². The highest BCUT2D eigenvalue weighted by molar-refractivity contribution is 6.19. The molecule has 6 unspecified atom stereocenters. The second kappa shape index (κ2) is 12.9. The van der Waals surface area contributed by atoms with Crippen molar-refractivity contribution in [3.8, 4) is 17.2 Å². The van der Waals surface area contributed by atoms with Crippen LogP contribution in [0.15, 0.2) is 52.7 Å². The Kier molecular flexibility index (Phi) is 9.01. The van der Waals surface area contributed by atoms with E-state index >= 15 is 0 Å². The van der Waals surface area contributed by atoms with Crippen molar-refractivity contribution in [2.45, 2.75) is 129 Å². The normalized spacial score (nSPS) is 31.9. The third-order valence-corrected chi connectivity index (χ3v) is 12.0. The maximum Gasteiger partial charge on any atom is 0.246 e. The van der Waals surface area contributed by atoms with E-state index in [0.717, 1.165) is 24.8 Å². The van der Waals surface area contributed by atoms with Crippen molar-refractivity contribution >= 4 is 23.5 Å². The van der Waals surface area contributed by atoms with E-state index in [1.807, 2.05) is 46.8 Å². The van der Waals surface area contributed by atoms with Gasteiger partial charge >= 0.3 is 0 Å². The molecule has 2 saturated heterocycles. The summed E-state index contributed by atoms with van der Waals surface area (Å²) in [5.41, 5.74) is -0.294. The van der Waals surface area contributed by atoms with Gasteiger partial charge in [0.05, 0.1) is 17.3 Å². The van der Waals surface area contributed by atoms with E-state index in [-0.39, 0.29) is 53.0 Å². The van der Waals surface area contributed by atoms with E-state index in [0.29, 0.717) is 60.4 Å². The zero-order chi connectivity index (χ0) is 37.4. The van der Waals surface area contributed by atoms with Gasteiger partial charge in [-0.15, -0.1) is 0 Å². The number of phenolic OH excluding ortho intramolecular Hbond substituents is 1. The lowest BCUT2D eigenvalue weighted by Crippen LogP contribution is -2.72. The second-order valence-corrected chi connectivity index (χ2v) is 16.8. The summed E-state index contributed by atoms with van der Waals surface area (Å²) in [5.74, 6) is -1.17. The molecule has 1 aromatic rings. The standard InChI is InChI=1S/C43H53NO8/c1-24(2)11-9-17-41(8)18-16-29-34(45)33-35(46)31-21-27-22-32-40(6,7)52-42(38(27)47,19-15-26(5)39(48)44-23-28-12-10-20-49-28)43(31,32)51-37(33)30(36(29)50-41)14-13-25(3)4/h11,13,15-16,18,21,27-28,32,45H,9-10,12,14,17,19-20,22-23H2,1-8H3,(H,44,48). The maximum atomic E-state index is 14.9. The summed E-state index contributed by atoms with van der Waals surface area (Å²) >= 11 is 0. The molecular formula is C43H53NO8. The summed E-state index contributed by atoms with van der Waals surface area (Å²) in [5, 5.41) is 14.9. The van der Waals surface area contributed by atoms with Crippen LogP contribution in [0.4, 0.5) is 0 Å². The zero-order valence-corrected chi connectivity index (χ0v) is 31.9. The average molecular weight is 712 g/mol. The van der Waals surface area contributed by atoms with Crippen LogP contribution in [0.1, 0.15) is 115 Å². The Morgan fingerprint density at radius 3 is 2.46 bits per heavy atom. The smallest absolute Gasteiger partial charge is 0.246 e. The monoisotopic (exact) mass is 711 g/mol. The summed E-state index contributed by atoms with van der Waals surface area (Å²) in [7, 11) is 0. The molecule has 1 aromatic carbocycles. The molecule has 4 aliphatic heterocycles. The van der Waals surface area contributed by atoms with E-state index in [2.05, 4.69) is 31.3 Å². The molecule has 2 N–H and O–H groups in total. The molecule has 6 atom stereocenters. The van der Waals surface area contributed by atoms with Crippen molar-refractivity contribution in [3.05, 3.63) is 69.4 Å². The molecule has 278 valence electrons. The number of allylic oxidation sites excluding steroid dienone is 5. The molecule has 0 radical (unpaired) electrons. The third kappa shape index (κ3) is 5.61. The number of hydrogen-bond donors (Lipinski definition) is 2. The van der Waals surface area contributed by atoms with Crippen molar-refractivity contribution < 1.29 is 38.4 Å². The molecule has 7 aliphatic rings. The topological polar surface area (TPSA) is 120 Å². The number of benzene rings is 1. The minimum absolute atomic E-state index is 0.00330. The lowest BCUT2D eigenvalue weighted by Gasteiger charge is -2.56. The maximum absolute atomic E-state index is 14.9. The van der Waals surface area contributed by atoms with E-state index in [9.17, 15) is 19.5 Å². The van der Waals surface area contributed by atoms with E-state index in [1.54, 1.807) is 19.1 Å². The lowest BCUT2D eigenvalue weighted by atomic mass is 9.51. The van der Waals surface area contributed by atoms with Gasteiger partial charge in [0.25, 0.3) is 0 Å². The highest BCUT2D eigenvalue weighted by atomic mass is 16.6. The third-order valence-electron chi connectivity index (χ3n) is 12.0. The predicted molar refractivity (Wildman–Crippen MR) is 199 cm³/mol. The molecule has 1 amide bonds. The first-order valence-electron chi connectivity index (χ1n) is 18.9. The molecule has 4 heterocycles. The van der Waals surface area contributed by atoms with Gasteiger partial charge in [0.1, 0.15) is 28.4 Å². The highest BCUT2D eigenvalue weighted by Crippen LogP contribution is 2.68. The van der Waals surface area contributed by atoms with Crippen LogP contribution in [0, 0.1) is 11.8 Å². The largest absolute Gasteiger partial charge is 0.506 e. The van der Waals surface area contributed by atoms with Crippen LogP contribution in [-0.2, 0) is 25.5 Å². The van der Waals surface area contributed by atoms with Crippen LogP contribution in [0.2, 0.25) is 0 Å². The number of carbonyl (C=O) groups excluding carboxylic acids is 3. The minimum atomic E-state index is -1.57. The van der Waals surface area contributed by atoms with Crippen molar-refractivity contribution in [3.63, 3.8) is 0 Å². The quantitative estimate of drug-likeness (QED) is 0.190. The Morgan fingerprint density at radius 1 is 1.02 bits per heavy atom. The van der Waals surface area contributed by atoms with Gasteiger partial charge in [-0.05, 0) is 106 Å². The second-order valence-electron chi connectivity index (χ2n) is 16.8. The summed E-state index contributed by atoms with van der Waals surface area (Å²) in [6, 6.07) is 0. The number of carbonyl (C=O) groups is 3. The van der Waals surface area contributed by atoms with Crippen molar-refractivity contribution in [2.24, 2.45) is 11.8 Å². The first-order valence-corrected chi connectivity index (χ1v) is 18.9. The Bertz CT molecular complexity index is 1880. The van der Waals surface area contributed by atoms with Crippen LogP contribution >= 0.6 is 0 Å². The first-order chi connectivity index (χ1) is 24.5. The molecule has 9 nitrogen and oxygen atoms in total. The van der Waals surface area contributed by atoms with Gasteiger partial charge in [0.2, 0.25) is 5.91 Å². The summed E-state index contributed by atoms with van der Waals surface area (Å²) < 4.78 is 26.7. The Labute approximate surface area is 307 Å². The van der Waals surface area contributed by atoms with Crippen LogP contribution in [0.25, 0.3) is 6.08 Å². The van der Waals surface area contributed by atoms with E-state index < -0.39 is 28.3 Å². The first kappa shape index (κ1) is 36.4. The van der Waals surface area contributed by atoms with Gasteiger partial charge < -0.3 is 29.4 Å². The Morgan fingerprint density at radius 2 is 1.77 bits per heavy atom. The molecule has 1 saturated carbocycles. The summed E-state index contributed by atoms with van der Waals surface area (Å²) in [6.45, 7) is 16.9. The van der Waals surface area contributed by atoms with Crippen molar-refractivity contribution in [2.75, 3.05) is 13.2 Å². The fourth-order valence-corrected chi connectivity index (χ4v) is 9.33. The molecule has 52 heavy (non-hydrogen) atoms. The number of amides is 1. The summed E-state index contributed by atoms with van der Waals surface area (Å²) in [4.78, 5) is 42.8. The van der Waals surface area contributed by atoms with Gasteiger partial charge in [-0.25, -0.2) is 0 Å². The number of fused-ring (bicyclic) bond motifs is 2. The van der Waals surface area contributed by atoms with Crippen molar-refractivity contribution in [1.29, 1.82) is 0 Å². The molecule has 3 fully saturated rings. The SMILES string of the molecule is CC(C)=CCCC1(C)C=Cc2c(O)c3c(c(CC=C(C)C)c2O1)OC12C(=CC4CC1C(C)(C)OC2(CC=C(C)C(=O)NCC1CCCO1)C4=O)C3=O. The molecular weight excluding hydrogens is 658 g/mol. The molecule has 8 rings (SSSR count). The predicted octanol–water partition coefficient (Wildman–Crippen LogP) is 7.45. The molecule has 1 spiro atoms. The zero-order valence-electron chi connectivity index (χ0n) is 31.9. The van der Waals surface area contributed by atoms with Gasteiger partial charge in [-0.2, -0.15) is 0 Å². The number of hydrogen-bond acceptors (Lipinski definition) is 8. The fraction of sp³-hybridized carbons (Fsp3) is 0.558. The van der Waals surface area contributed by atoms with E-state index in [4.69, 9.17) is 18.9 Å². The molecule has 4 bridgehead atoms. The van der Waals surface area contributed by atoms with Gasteiger partial charge in [-0.3, -0.25) is 14.4 Å².